The Bertz CT molecular complexity index is 952. The van der Waals surface area contributed by atoms with Crippen LogP contribution in [0.15, 0.2) is 52.1 Å². The summed E-state index contributed by atoms with van der Waals surface area (Å²) in [7, 11) is 1.60. The Morgan fingerprint density at radius 2 is 2.00 bits per heavy atom. The summed E-state index contributed by atoms with van der Waals surface area (Å²) in [6.45, 7) is 0. The van der Waals surface area contributed by atoms with Crippen molar-refractivity contribution in [3.8, 4) is 17.2 Å². The maximum Gasteiger partial charge on any atom is 0.277 e. The van der Waals surface area contributed by atoms with Gasteiger partial charge in [-0.25, -0.2) is 0 Å². The molecule has 26 heavy (non-hydrogen) atoms. The maximum atomic E-state index is 12.5. The topological polar surface area (TPSA) is 65.2 Å². The van der Waals surface area contributed by atoms with E-state index in [2.05, 4.69) is 16.3 Å². The average molecular weight is 366 g/mol. The van der Waals surface area contributed by atoms with Gasteiger partial charge in [0.05, 0.1) is 18.4 Å². The highest BCUT2D eigenvalue weighted by molar-refractivity contribution is 7.99. The molecule has 0 aliphatic heterocycles. The van der Waals surface area contributed by atoms with Gasteiger partial charge in [0.2, 0.25) is 0 Å². The molecule has 0 spiro atoms. The third-order valence-corrected chi connectivity index (χ3v) is 5.31. The van der Waals surface area contributed by atoms with E-state index in [0.29, 0.717) is 16.9 Å². The number of hydrogen-bond donors (Lipinski definition) is 0. The number of ether oxygens (including phenoxy) is 1. The monoisotopic (exact) mass is 366 g/mol. The molecule has 6 heteroatoms. The molecular formula is C20H18N2O3S. The molecule has 1 aliphatic carbocycles. The van der Waals surface area contributed by atoms with Crippen molar-refractivity contribution in [2.24, 2.45) is 0 Å². The van der Waals surface area contributed by atoms with E-state index in [1.54, 1.807) is 7.11 Å². The molecule has 0 unspecified atom stereocenters. The molecule has 0 amide bonds. The molecule has 2 aromatic carbocycles. The minimum absolute atomic E-state index is 0.0711. The normalized spacial score (nSPS) is 12.8. The standard InChI is InChI=1S/C20H18N2O3S/c1-24-18-8-3-2-7-16(18)19-21-22-20(25-19)26-12-17(23)15-10-9-13-5-4-6-14(13)11-15/h2-3,7-11H,4-6,12H2,1H3. The van der Waals surface area contributed by atoms with Crippen molar-refractivity contribution in [3.05, 3.63) is 59.2 Å². The van der Waals surface area contributed by atoms with Gasteiger partial charge in [-0.1, -0.05) is 36.0 Å². The second-order valence-electron chi connectivity index (χ2n) is 6.12. The SMILES string of the molecule is COc1ccccc1-c1nnc(SCC(=O)c2ccc3c(c2)CCC3)o1. The van der Waals surface area contributed by atoms with E-state index in [1.807, 2.05) is 36.4 Å². The number of hydrogen-bond acceptors (Lipinski definition) is 6. The van der Waals surface area contributed by atoms with Gasteiger partial charge in [0.15, 0.2) is 5.78 Å². The number of benzene rings is 2. The predicted molar refractivity (Wildman–Crippen MR) is 99.8 cm³/mol. The van der Waals surface area contributed by atoms with Gasteiger partial charge in [-0.3, -0.25) is 4.79 Å². The van der Waals surface area contributed by atoms with Gasteiger partial charge in [-0.2, -0.15) is 0 Å². The lowest BCUT2D eigenvalue weighted by Crippen LogP contribution is -2.03. The molecule has 0 bridgehead atoms. The third kappa shape index (κ3) is 3.37. The lowest BCUT2D eigenvalue weighted by molar-refractivity contribution is 0.102. The highest BCUT2D eigenvalue weighted by Gasteiger charge is 2.17. The van der Waals surface area contributed by atoms with E-state index >= 15 is 0 Å². The number of aromatic nitrogens is 2. The Hall–Kier alpha value is -2.60. The lowest BCUT2D eigenvalue weighted by Gasteiger charge is -2.04. The molecule has 1 aliphatic rings. The fraction of sp³-hybridized carbons (Fsp3) is 0.250. The fourth-order valence-corrected chi connectivity index (χ4v) is 3.81. The number of aryl methyl sites for hydroxylation is 2. The van der Waals surface area contributed by atoms with Crippen molar-refractivity contribution in [3.63, 3.8) is 0 Å². The quantitative estimate of drug-likeness (QED) is 0.481. The summed E-state index contributed by atoms with van der Waals surface area (Å²) in [6, 6.07) is 13.5. The summed E-state index contributed by atoms with van der Waals surface area (Å²) in [4.78, 5) is 12.5. The van der Waals surface area contributed by atoms with Gasteiger partial charge in [-0.05, 0) is 48.6 Å². The number of methoxy groups -OCH3 is 1. The van der Waals surface area contributed by atoms with Crippen molar-refractivity contribution in [1.29, 1.82) is 0 Å². The van der Waals surface area contributed by atoms with E-state index in [1.165, 1.54) is 29.3 Å². The number of Topliss-reactive ketones (excluding diaryl/α,β-unsaturated/α-hetero) is 1. The first-order valence-corrected chi connectivity index (χ1v) is 9.48. The van der Waals surface area contributed by atoms with Crippen LogP contribution in [0.1, 0.15) is 27.9 Å². The second kappa shape index (κ2) is 7.33. The van der Waals surface area contributed by atoms with Crippen LogP contribution in [0, 0.1) is 0 Å². The van der Waals surface area contributed by atoms with E-state index < -0.39 is 0 Å². The number of carbonyl (C=O) groups is 1. The van der Waals surface area contributed by atoms with Crippen molar-refractivity contribution in [2.45, 2.75) is 24.5 Å². The van der Waals surface area contributed by atoms with Crippen LogP contribution >= 0.6 is 11.8 Å². The molecule has 0 radical (unpaired) electrons. The first-order valence-electron chi connectivity index (χ1n) is 8.49. The van der Waals surface area contributed by atoms with Gasteiger partial charge < -0.3 is 9.15 Å². The Morgan fingerprint density at radius 3 is 2.88 bits per heavy atom. The van der Waals surface area contributed by atoms with E-state index in [4.69, 9.17) is 9.15 Å². The number of rotatable bonds is 6. The predicted octanol–water partition coefficient (Wildman–Crippen LogP) is 4.21. The molecule has 3 aromatic rings. The molecule has 0 saturated heterocycles. The smallest absolute Gasteiger partial charge is 0.277 e. The fourth-order valence-electron chi connectivity index (χ4n) is 3.15. The highest BCUT2D eigenvalue weighted by atomic mass is 32.2. The van der Waals surface area contributed by atoms with Gasteiger partial charge in [0.1, 0.15) is 5.75 Å². The zero-order valence-corrected chi connectivity index (χ0v) is 15.2. The van der Waals surface area contributed by atoms with Crippen LogP contribution < -0.4 is 4.74 Å². The summed E-state index contributed by atoms with van der Waals surface area (Å²) in [6.07, 6.45) is 3.36. The maximum absolute atomic E-state index is 12.5. The van der Waals surface area contributed by atoms with E-state index in [-0.39, 0.29) is 11.5 Å². The Morgan fingerprint density at radius 1 is 1.15 bits per heavy atom. The van der Waals surface area contributed by atoms with Crippen LogP contribution in [0.4, 0.5) is 0 Å². The molecule has 0 N–H and O–H groups in total. The number of carbonyl (C=O) groups excluding carboxylic acids is 1. The molecule has 0 fully saturated rings. The first-order chi connectivity index (χ1) is 12.7. The number of ketones is 1. The lowest BCUT2D eigenvalue weighted by atomic mass is 10.0. The summed E-state index contributed by atoms with van der Waals surface area (Å²) in [5.74, 6) is 1.39. The molecule has 1 heterocycles. The van der Waals surface area contributed by atoms with Crippen molar-refractivity contribution < 1.29 is 13.9 Å². The molecule has 1 aromatic heterocycles. The zero-order chi connectivity index (χ0) is 17.9. The van der Waals surface area contributed by atoms with Crippen LogP contribution in [-0.4, -0.2) is 28.8 Å². The van der Waals surface area contributed by atoms with Crippen LogP contribution in [-0.2, 0) is 12.8 Å². The van der Waals surface area contributed by atoms with Crippen molar-refractivity contribution in [2.75, 3.05) is 12.9 Å². The minimum atomic E-state index is 0.0711. The van der Waals surface area contributed by atoms with Crippen molar-refractivity contribution in [1.82, 2.24) is 10.2 Å². The minimum Gasteiger partial charge on any atom is -0.496 e. The van der Waals surface area contributed by atoms with Crippen LogP contribution in [0.2, 0.25) is 0 Å². The number of thioether (sulfide) groups is 1. The van der Waals surface area contributed by atoms with E-state index in [0.717, 1.165) is 24.0 Å². The van der Waals surface area contributed by atoms with Gasteiger partial charge >= 0.3 is 0 Å². The van der Waals surface area contributed by atoms with Crippen LogP contribution in [0.3, 0.4) is 0 Å². The zero-order valence-electron chi connectivity index (χ0n) is 14.4. The van der Waals surface area contributed by atoms with Crippen molar-refractivity contribution >= 4 is 17.5 Å². The summed E-state index contributed by atoms with van der Waals surface area (Å²) in [5.41, 5.74) is 4.16. The number of nitrogens with zero attached hydrogens (tertiary/aromatic N) is 2. The molecule has 0 atom stereocenters. The largest absolute Gasteiger partial charge is 0.496 e. The highest BCUT2D eigenvalue weighted by Crippen LogP contribution is 2.30. The Kier molecular flexibility index (Phi) is 4.75. The van der Waals surface area contributed by atoms with E-state index in [9.17, 15) is 4.79 Å². The number of fused-ring (bicyclic) bond motifs is 1. The van der Waals surface area contributed by atoms with Gasteiger partial charge in [0, 0.05) is 5.56 Å². The molecule has 0 saturated carbocycles. The molecule has 4 rings (SSSR count). The van der Waals surface area contributed by atoms with Gasteiger partial charge in [0.25, 0.3) is 11.1 Å². The number of para-hydroxylation sites is 1. The third-order valence-electron chi connectivity index (χ3n) is 4.49. The Labute approximate surface area is 155 Å². The molecular weight excluding hydrogens is 348 g/mol. The van der Waals surface area contributed by atoms with Crippen LogP contribution in [0.5, 0.6) is 5.75 Å². The average Bonchev–Trinajstić information content (AvgIpc) is 3.34. The second-order valence-corrected chi connectivity index (χ2v) is 7.05. The summed E-state index contributed by atoms with van der Waals surface area (Å²) >= 11 is 1.25. The first kappa shape index (κ1) is 16.8. The molecule has 132 valence electrons. The molecule has 5 nitrogen and oxygen atoms in total. The summed E-state index contributed by atoms with van der Waals surface area (Å²) < 4.78 is 11.0. The summed E-state index contributed by atoms with van der Waals surface area (Å²) in [5, 5.41) is 8.47. The van der Waals surface area contributed by atoms with Gasteiger partial charge in [-0.15, -0.1) is 10.2 Å². The Balaban J connectivity index is 1.44. The van der Waals surface area contributed by atoms with Crippen LogP contribution in [0.25, 0.3) is 11.5 Å².